The number of hydrogen-bond donors (Lipinski definition) is 0. The molecule has 66 valence electrons. The molecule has 3 saturated carbocycles. The fourth-order valence-electron chi connectivity index (χ4n) is 3.07. The third-order valence-corrected chi connectivity index (χ3v) is 4.01. The van der Waals surface area contributed by atoms with Crippen molar-refractivity contribution in [3.63, 3.8) is 0 Å². The van der Waals surface area contributed by atoms with Gasteiger partial charge in [-0.2, -0.15) is 0 Å². The van der Waals surface area contributed by atoms with Crippen molar-refractivity contribution in [1.82, 2.24) is 0 Å². The van der Waals surface area contributed by atoms with Crippen LogP contribution in [0, 0.1) is 23.2 Å². The SMILES string of the molecule is O=C([O-])[C@@H]1CC1(C1CC1)C1CC1. The molecule has 0 radical (unpaired) electrons. The predicted molar refractivity (Wildman–Crippen MR) is 41.0 cm³/mol. The number of carboxylic acids is 1. The molecule has 2 heteroatoms. The minimum Gasteiger partial charge on any atom is -0.550 e. The van der Waals surface area contributed by atoms with Gasteiger partial charge in [-0.1, -0.05) is 0 Å². The zero-order valence-corrected chi connectivity index (χ0v) is 7.08. The monoisotopic (exact) mass is 165 g/mol. The van der Waals surface area contributed by atoms with Gasteiger partial charge < -0.3 is 9.90 Å². The molecule has 12 heavy (non-hydrogen) atoms. The fraction of sp³-hybridized carbons (Fsp3) is 0.900. The number of carboxylic acid groups (broad SMARTS) is 1. The summed E-state index contributed by atoms with van der Waals surface area (Å²) in [6.07, 6.45) is 6.05. The highest BCUT2D eigenvalue weighted by molar-refractivity contribution is 5.73. The van der Waals surface area contributed by atoms with E-state index in [2.05, 4.69) is 0 Å². The van der Waals surface area contributed by atoms with E-state index in [0.29, 0.717) is 0 Å². The molecule has 3 aliphatic carbocycles. The van der Waals surface area contributed by atoms with Gasteiger partial charge in [-0.25, -0.2) is 0 Å². The summed E-state index contributed by atoms with van der Waals surface area (Å²) in [5, 5.41) is 10.7. The third-order valence-electron chi connectivity index (χ3n) is 4.01. The molecule has 0 aromatic carbocycles. The first kappa shape index (κ1) is 6.93. The summed E-state index contributed by atoms with van der Waals surface area (Å²) in [6.45, 7) is 0. The number of carbonyl (C=O) groups is 1. The lowest BCUT2D eigenvalue weighted by Gasteiger charge is -2.15. The maximum Gasteiger partial charge on any atom is 0.0451 e. The van der Waals surface area contributed by atoms with Gasteiger partial charge in [0, 0.05) is 11.9 Å². The molecule has 0 saturated heterocycles. The van der Waals surface area contributed by atoms with E-state index >= 15 is 0 Å². The van der Waals surface area contributed by atoms with E-state index in [1.54, 1.807) is 0 Å². The van der Waals surface area contributed by atoms with Crippen LogP contribution in [0.3, 0.4) is 0 Å². The Morgan fingerprint density at radius 3 is 1.92 bits per heavy atom. The van der Waals surface area contributed by atoms with Crippen molar-refractivity contribution in [2.45, 2.75) is 32.1 Å². The Bertz CT molecular complexity index is 226. The van der Waals surface area contributed by atoms with E-state index in [-0.39, 0.29) is 11.3 Å². The molecular weight excluding hydrogens is 152 g/mol. The smallest absolute Gasteiger partial charge is 0.0451 e. The second-order valence-corrected chi connectivity index (χ2v) is 4.74. The van der Waals surface area contributed by atoms with Crippen LogP contribution < -0.4 is 5.11 Å². The Labute approximate surface area is 72.0 Å². The van der Waals surface area contributed by atoms with Gasteiger partial charge in [0.2, 0.25) is 0 Å². The Morgan fingerprint density at radius 2 is 1.67 bits per heavy atom. The minimum atomic E-state index is -0.784. The Morgan fingerprint density at radius 1 is 1.17 bits per heavy atom. The molecule has 0 aliphatic heterocycles. The normalized spacial score (nSPS) is 37.8. The number of aliphatic carboxylic acids is 1. The standard InChI is InChI=1S/C10H14O2/c11-9(12)8-5-10(8,6-1-2-6)7-3-4-7/h6-8H,1-5H2,(H,11,12)/p-1/t8-/m0/s1. The van der Waals surface area contributed by atoms with Crippen LogP contribution in [-0.2, 0) is 4.79 Å². The lowest BCUT2D eigenvalue weighted by Crippen LogP contribution is -2.28. The number of hydrogen-bond acceptors (Lipinski definition) is 2. The summed E-state index contributed by atoms with van der Waals surface area (Å²) in [7, 11) is 0. The second kappa shape index (κ2) is 1.86. The van der Waals surface area contributed by atoms with Crippen molar-refractivity contribution in [2.24, 2.45) is 23.2 Å². The van der Waals surface area contributed by atoms with Gasteiger partial charge >= 0.3 is 0 Å². The molecular formula is C10H13O2-. The first-order valence-corrected chi connectivity index (χ1v) is 4.96. The summed E-state index contributed by atoms with van der Waals surface area (Å²) in [4.78, 5) is 10.7. The van der Waals surface area contributed by atoms with Crippen molar-refractivity contribution in [1.29, 1.82) is 0 Å². The zero-order chi connectivity index (χ0) is 8.34. The summed E-state index contributed by atoms with van der Waals surface area (Å²) in [5.74, 6) is 0.659. The maximum absolute atomic E-state index is 10.7. The highest BCUT2D eigenvalue weighted by Crippen LogP contribution is 2.74. The number of carbonyl (C=O) groups excluding carboxylic acids is 1. The lowest BCUT2D eigenvalue weighted by atomic mass is 9.91. The molecule has 3 aliphatic rings. The highest BCUT2D eigenvalue weighted by Gasteiger charge is 2.68. The van der Waals surface area contributed by atoms with Gasteiger partial charge in [0.15, 0.2) is 0 Å². The average molecular weight is 165 g/mol. The van der Waals surface area contributed by atoms with E-state index in [1.165, 1.54) is 25.7 Å². The quantitative estimate of drug-likeness (QED) is 0.613. The van der Waals surface area contributed by atoms with Crippen LogP contribution in [0.5, 0.6) is 0 Å². The number of rotatable bonds is 3. The van der Waals surface area contributed by atoms with Crippen molar-refractivity contribution in [3.8, 4) is 0 Å². The molecule has 0 aromatic rings. The van der Waals surface area contributed by atoms with Crippen LogP contribution in [0.15, 0.2) is 0 Å². The van der Waals surface area contributed by atoms with E-state index < -0.39 is 5.97 Å². The molecule has 0 heterocycles. The van der Waals surface area contributed by atoms with E-state index in [9.17, 15) is 9.90 Å². The van der Waals surface area contributed by atoms with Crippen molar-refractivity contribution >= 4 is 5.97 Å². The zero-order valence-electron chi connectivity index (χ0n) is 7.08. The van der Waals surface area contributed by atoms with Gasteiger partial charge in [0.1, 0.15) is 0 Å². The van der Waals surface area contributed by atoms with E-state index in [4.69, 9.17) is 0 Å². The highest BCUT2D eigenvalue weighted by atomic mass is 16.4. The average Bonchev–Trinajstić information content (AvgIpc) is 2.86. The molecule has 3 rings (SSSR count). The minimum absolute atomic E-state index is 0.0718. The summed E-state index contributed by atoms with van der Waals surface area (Å²) >= 11 is 0. The molecule has 0 unspecified atom stereocenters. The molecule has 3 fully saturated rings. The Balaban J connectivity index is 1.82. The lowest BCUT2D eigenvalue weighted by molar-refractivity contribution is -0.309. The molecule has 2 nitrogen and oxygen atoms in total. The van der Waals surface area contributed by atoms with Crippen molar-refractivity contribution in [2.75, 3.05) is 0 Å². The van der Waals surface area contributed by atoms with Crippen molar-refractivity contribution < 1.29 is 9.90 Å². The molecule has 0 bridgehead atoms. The molecule has 0 spiro atoms. The van der Waals surface area contributed by atoms with Gasteiger partial charge in [-0.15, -0.1) is 0 Å². The van der Waals surface area contributed by atoms with Crippen LogP contribution >= 0.6 is 0 Å². The van der Waals surface area contributed by atoms with Gasteiger partial charge in [-0.3, -0.25) is 0 Å². The Hall–Kier alpha value is -0.530. The first-order chi connectivity index (χ1) is 5.75. The largest absolute Gasteiger partial charge is 0.550 e. The summed E-state index contributed by atoms with van der Waals surface area (Å²) in [5.41, 5.74) is 0.249. The predicted octanol–water partition coefficient (Wildman–Crippen LogP) is 0.563. The summed E-state index contributed by atoms with van der Waals surface area (Å²) < 4.78 is 0. The van der Waals surface area contributed by atoms with Crippen LogP contribution in [0.25, 0.3) is 0 Å². The molecule has 1 atom stereocenters. The first-order valence-electron chi connectivity index (χ1n) is 4.96. The summed E-state index contributed by atoms with van der Waals surface area (Å²) in [6, 6.07) is 0. The third kappa shape index (κ3) is 0.732. The van der Waals surface area contributed by atoms with Gasteiger partial charge in [-0.05, 0) is 49.4 Å². The van der Waals surface area contributed by atoms with E-state index in [0.717, 1.165) is 18.3 Å². The van der Waals surface area contributed by atoms with Crippen LogP contribution in [-0.4, -0.2) is 5.97 Å². The topological polar surface area (TPSA) is 40.1 Å². The maximum atomic E-state index is 10.7. The van der Waals surface area contributed by atoms with Gasteiger partial charge in [0.05, 0.1) is 0 Å². The van der Waals surface area contributed by atoms with E-state index in [1.807, 2.05) is 0 Å². The molecule has 0 aromatic heterocycles. The second-order valence-electron chi connectivity index (χ2n) is 4.74. The molecule has 0 N–H and O–H groups in total. The van der Waals surface area contributed by atoms with Crippen LogP contribution in [0.1, 0.15) is 32.1 Å². The van der Waals surface area contributed by atoms with Crippen LogP contribution in [0.4, 0.5) is 0 Å². The van der Waals surface area contributed by atoms with Gasteiger partial charge in [0.25, 0.3) is 0 Å². The Kier molecular flexibility index (Phi) is 1.07. The van der Waals surface area contributed by atoms with Crippen LogP contribution in [0.2, 0.25) is 0 Å². The fourth-order valence-corrected chi connectivity index (χ4v) is 3.07. The molecule has 0 amide bonds. The van der Waals surface area contributed by atoms with Crippen molar-refractivity contribution in [3.05, 3.63) is 0 Å².